The van der Waals surface area contributed by atoms with Crippen LogP contribution in [0.1, 0.15) is 34.5 Å². The summed E-state index contributed by atoms with van der Waals surface area (Å²) in [5.74, 6) is -0.357. The summed E-state index contributed by atoms with van der Waals surface area (Å²) < 4.78 is 46.8. The molecule has 0 saturated carbocycles. The van der Waals surface area contributed by atoms with Crippen molar-refractivity contribution in [2.45, 2.75) is 24.4 Å². The average molecular weight is 450 g/mol. The van der Waals surface area contributed by atoms with Crippen molar-refractivity contribution in [2.75, 3.05) is 19.8 Å². The van der Waals surface area contributed by atoms with Crippen LogP contribution in [-0.2, 0) is 23.4 Å². The Bertz CT molecular complexity index is 1070. The lowest BCUT2D eigenvalue weighted by molar-refractivity contribution is -0.137. The molecule has 164 valence electrons. The lowest BCUT2D eigenvalue weighted by atomic mass is 9.73. The molecule has 1 amide bonds. The van der Waals surface area contributed by atoms with Gasteiger partial charge in [-0.3, -0.25) is 9.48 Å². The van der Waals surface area contributed by atoms with E-state index in [4.69, 9.17) is 4.74 Å². The molecule has 1 aliphatic rings. The molecule has 1 fully saturated rings. The number of rotatable bonds is 5. The molecule has 6 nitrogen and oxygen atoms in total. The Morgan fingerprint density at radius 3 is 2.77 bits per heavy atom. The van der Waals surface area contributed by atoms with Crippen molar-refractivity contribution in [2.24, 2.45) is 7.05 Å². The van der Waals surface area contributed by atoms with Gasteiger partial charge in [-0.15, -0.1) is 11.3 Å². The summed E-state index contributed by atoms with van der Waals surface area (Å²) in [5.41, 5.74) is 0.326. The Labute approximate surface area is 181 Å². The number of thiazole rings is 1. The normalized spacial score (nSPS) is 16.3. The van der Waals surface area contributed by atoms with Gasteiger partial charge in [0, 0.05) is 49.4 Å². The number of aromatic nitrogens is 3. The summed E-state index contributed by atoms with van der Waals surface area (Å²) in [7, 11) is 1.80. The number of carbonyl (C=O) groups is 1. The van der Waals surface area contributed by atoms with E-state index in [9.17, 15) is 18.0 Å². The SMILES string of the molecule is Cn1cc(-c2nc(C(=O)NCC3(c4cccc(C(F)(F)F)c4)CCOCC3)cs2)cn1. The van der Waals surface area contributed by atoms with Crippen molar-refractivity contribution in [1.29, 1.82) is 0 Å². The molecule has 10 heteroatoms. The van der Waals surface area contributed by atoms with Gasteiger partial charge in [0.2, 0.25) is 0 Å². The standard InChI is InChI=1S/C21H21F3N4O2S/c1-28-11-14(10-26-28)19-27-17(12-31-19)18(29)25-13-20(5-7-30-8-6-20)15-3-2-4-16(9-15)21(22,23)24/h2-4,9-12H,5-8,13H2,1H3,(H,25,29). The van der Waals surface area contributed by atoms with E-state index < -0.39 is 17.2 Å². The highest BCUT2D eigenvalue weighted by atomic mass is 32.1. The monoisotopic (exact) mass is 450 g/mol. The van der Waals surface area contributed by atoms with Gasteiger partial charge in [-0.2, -0.15) is 18.3 Å². The molecule has 1 aromatic carbocycles. The molecule has 0 aliphatic carbocycles. The van der Waals surface area contributed by atoms with Gasteiger partial charge in [-0.1, -0.05) is 18.2 Å². The maximum Gasteiger partial charge on any atom is 0.416 e. The highest BCUT2D eigenvalue weighted by Crippen LogP contribution is 2.38. The minimum atomic E-state index is -4.42. The fourth-order valence-electron chi connectivity index (χ4n) is 3.74. The quantitative estimate of drug-likeness (QED) is 0.637. The van der Waals surface area contributed by atoms with Crippen LogP contribution in [0.25, 0.3) is 10.6 Å². The van der Waals surface area contributed by atoms with Crippen molar-refractivity contribution in [3.63, 3.8) is 0 Å². The number of benzene rings is 1. The molecule has 3 heterocycles. The largest absolute Gasteiger partial charge is 0.416 e. The van der Waals surface area contributed by atoms with Crippen LogP contribution in [0, 0.1) is 0 Å². The fourth-order valence-corrected chi connectivity index (χ4v) is 4.51. The first kappa shape index (κ1) is 21.5. The van der Waals surface area contributed by atoms with Crippen molar-refractivity contribution in [3.05, 3.63) is 58.9 Å². The Balaban J connectivity index is 1.53. The smallest absolute Gasteiger partial charge is 0.381 e. The van der Waals surface area contributed by atoms with Gasteiger partial charge < -0.3 is 10.1 Å². The molecule has 31 heavy (non-hydrogen) atoms. The predicted octanol–water partition coefficient (Wildman–Crippen LogP) is 4.04. The van der Waals surface area contributed by atoms with Gasteiger partial charge in [-0.05, 0) is 24.5 Å². The minimum Gasteiger partial charge on any atom is -0.381 e. The highest BCUT2D eigenvalue weighted by molar-refractivity contribution is 7.13. The topological polar surface area (TPSA) is 69.0 Å². The number of hydrogen-bond acceptors (Lipinski definition) is 5. The van der Waals surface area contributed by atoms with Crippen LogP contribution in [0.4, 0.5) is 13.2 Å². The Kier molecular flexibility index (Phi) is 5.85. The van der Waals surface area contributed by atoms with Gasteiger partial charge in [0.05, 0.1) is 11.8 Å². The first-order valence-corrected chi connectivity index (χ1v) is 10.6. The van der Waals surface area contributed by atoms with Crippen molar-refractivity contribution in [3.8, 4) is 10.6 Å². The molecule has 1 aliphatic heterocycles. The molecule has 0 unspecified atom stereocenters. The summed E-state index contributed by atoms with van der Waals surface area (Å²) in [6.07, 6.45) is 0.102. The molecule has 2 aromatic heterocycles. The number of amides is 1. The van der Waals surface area contributed by atoms with Gasteiger partial charge >= 0.3 is 6.18 Å². The first-order valence-electron chi connectivity index (χ1n) is 9.75. The average Bonchev–Trinajstić information content (AvgIpc) is 3.41. The highest BCUT2D eigenvalue weighted by Gasteiger charge is 2.38. The van der Waals surface area contributed by atoms with Crippen molar-refractivity contribution >= 4 is 17.2 Å². The zero-order chi connectivity index (χ0) is 22.1. The molecule has 0 radical (unpaired) electrons. The van der Waals surface area contributed by atoms with E-state index in [1.807, 2.05) is 6.20 Å². The summed E-state index contributed by atoms with van der Waals surface area (Å²) >= 11 is 1.34. The third-order valence-electron chi connectivity index (χ3n) is 5.53. The summed E-state index contributed by atoms with van der Waals surface area (Å²) in [6.45, 7) is 1.05. The summed E-state index contributed by atoms with van der Waals surface area (Å²) in [5, 5.41) is 9.33. The van der Waals surface area contributed by atoms with Crippen LogP contribution in [0.2, 0.25) is 0 Å². The lowest BCUT2D eigenvalue weighted by Gasteiger charge is -2.38. The van der Waals surface area contributed by atoms with Gasteiger partial charge in [0.25, 0.3) is 5.91 Å². The van der Waals surface area contributed by atoms with E-state index in [0.29, 0.717) is 36.6 Å². The number of alkyl halides is 3. The van der Waals surface area contributed by atoms with Gasteiger partial charge in [0.15, 0.2) is 0 Å². The van der Waals surface area contributed by atoms with Gasteiger partial charge in [0.1, 0.15) is 10.7 Å². The second kappa shape index (κ2) is 8.43. The zero-order valence-corrected chi connectivity index (χ0v) is 17.6. The number of nitrogens with one attached hydrogen (secondary N) is 1. The van der Waals surface area contributed by atoms with Crippen LogP contribution in [0.3, 0.4) is 0 Å². The number of halogens is 3. The molecular weight excluding hydrogens is 429 g/mol. The number of hydrogen-bond donors (Lipinski definition) is 1. The Morgan fingerprint density at radius 2 is 2.10 bits per heavy atom. The van der Waals surface area contributed by atoms with E-state index in [1.165, 1.54) is 23.5 Å². The van der Waals surface area contributed by atoms with Crippen LogP contribution in [0.5, 0.6) is 0 Å². The van der Waals surface area contributed by atoms with Crippen molar-refractivity contribution < 1.29 is 22.7 Å². The van der Waals surface area contributed by atoms with Crippen LogP contribution < -0.4 is 5.32 Å². The van der Waals surface area contributed by atoms with Crippen LogP contribution in [-0.4, -0.2) is 40.4 Å². The van der Waals surface area contributed by atoms with E-state index >= 15 is 0 Å². The first-order chi connectivity index (χ1) is 14.8. The third kappa shape index (κ3) is 4.64. The molecular formula is C21H21F3N4O2S. The van der Waals surface area contributed by atoms with E-state index in [2.05, 4.69) is 15.4 Å². The lowest BCUT2D eigenvalue weighted by Crippen LogP contribution is -2.44. The van der Waals surface area contributed by atoms with E-state index in [1.54, 1.807) is 29.4 Å². The van der Waals surface area contributed by atoms with E-state index in [0.717, 1.165) is 11.6 Å². The molecule has 0 bridgehead atoms. The number of ether oxygens (including phenoxy) is 1. The van der Waals surface area contributed by atoms with Crippen LogP contribution in [0.15, 0.2) is 42.0 Å². The zero-order valence-electron chi connectivity index (χ0n) is 16.8. The van der Waals surface area contributed by atoms with Crippen molar-refractivity contribution in [1.82, 2.24) is 20.1 Å². The minimum absolute atomic E-state index is 0.205. The molecule has 1 N–H and O–H groups in total. The third-order valence-corrected chi connectivity index (χ3v) is 6.42. The van der Waals surface area contributed by atoms with Gasteiger partial charge in [-0.25, -0.2) is 4.98 Å². The molecule has 0 spiro atoms. The predicted molar refractivity (Wildman–Crippen MR) is 110 cm³/mol. The second-order valence-corrected chi connectivity index (χ2v) is 8.45. The van der Waals surface area contributed by atoms with Crippen LogP contribution >= 0.6 is 11.3 Å². The number of nitrogens with zero attached hydrogens (tertiary/aromatic N) is 3. The Hall–Kier alpha value is -2.72. The second-order valence-electron chi connectivity index (χ2n) is 7.59. The molecule has 3 aromatic rings. The Morgan fingerprint density at radius 1 is 1.32 bits per heavy atom. The fraction of sp³-hybridized carbons (Fsp3) is 0.381. The molecule has 0 atom stereocenters. The summed E-state index contributed by atoms with van der Waals surface area (Å²) in [6, 6.07) is 5.35. The summed E-state index contributed by atoms with van der Waals surface area (Å²) in [4.78, 5) is 17.1. The molecule has 1 saturated heterocycles. The molecule has 4 rings (SSSR count). The number of carbonyl (C=O) groups excluding carboxylic acids is 1. The van der Waals surface area contributed by atoms with E-state index in [-0.39, 0.29) is 18.1 Å². The maximum absolute atomic E-state index is 13.2. The maximum atomic E-state index is 13.2. The number of aryl methyl sites for hydroxylation is 1.